The van der Waals surface area contributed by atoms with Crippen LogP contribution in [0.4, 0.5) is 0 Å². The topological polar surface area (TPSA) is 24.5 Å². The number of hydrogen-bond donors (Lipinski definition) is 1. The Morgan fingerprint density at radius 1 is 1.53 bits per heavy atom. The van der Waals surface area contributed by atoms with Gasteiger partial charge in [-0.1, -0.05) is 15.9 Å². The molecule has 17 heavy (non-hydrogen) atoms. The molecular formula is C13H19BrN2O. The SMILES string of the molecule is COc1ccc(Br)cc1CN1CCNCC1C. The van der Waals surface area contributed by atoms with Crippen molar-refractivity contribution in [2.75, 3.05) is 26.7 Å². The first-order chi connectivity index (χ1) is 8.20. The minimum Gasteiger partial charge on any atom is -0.496 e. The quantitative estimate of drug-likeness (QED) is 0.926. The lowest BCUT2D eigenvalue weighted by molar-refractivity contribution is 0.164. The lowest BCUT2D eigenvalue weighted by Gasteiger charge is -2.34. The predicted octanol–water partition coefficient (Wildman–Crippen LogP) is 2.25. The Morgan fingerprint density at radius 2 is 2.35 bits per heavy atom. The zero-order chi connectivity index (χ0) is 12.3. The summed E-state index contributed by atoms with van der Waals surface area (Å²) in [6.07, 6.45) is 0. The van der Waals surface area contributed by atoms with Gasteiger partial charge in [-0.05, 0) is 25.1 Å². The molecule has 1 aromatic carbocycles. The van der Waals surface area contributed by atoms with E-state index in [9.17, 15) is 0 Å². The van der Waals surface area contributed by atoms with Crippen molar-refractivity contribution in [1.82, 2.24) is 10.2 Å². The van der Waals surface area contributed by atoms with E-state index in [1.54, 1.807) is 7.11 Å². The molecule has 0 amide bonds. The van der Waals surface area contributed by atoms with Crippen LogP contribution in [0.25, 0.3) is 0 Å². The van der Waals surface area contributed by atoms with E-state index in [1.807, 2.05) is 12.1 Å². The number of rotatable bonds is 3. The maximum absolute atomic E-state index is 5.41. The van der Waals surface area contributed by atoms with Gasteiger partial charge in [0.25, 0.3) is 0 Å². The molecule has 1 saturated heterocycles. The molecule has 1 heterocycles. The standard InChI is InChI=1S/C13H19BrN2O/c1-10-8-15-5-6-16(10)9-11-7-12(14)3-4-13(11)17-2/h3-4,7,10,15H,5-6,8-9H2,1-2H3. The first-order valence-corrected chi connectivity index (χ1v) is 6.77. The van der Waals surface area contributed by atoms with Gasteiger partial charge in [-0.2, -0.15) is 0 Å². The van der Waals surface area contributed by atoms with E-state index < -0.39 is 0 Å². The molecule has 0 spiro atoms. The zero-order valence-electron chi connectivity index (χ0n) is 10.4. The van der Waals surface area contributed by atoms with E-state index in [-0.39, 0.29) is 0 Å². The van der Waals surface area contributed by atoms with Gasteiger partial charge in [0.05, 0.1) is 7.11 Å². The third-order valence-corrected chi connectivity index (χ3v) is 3.75. The third kappa shape index (κ3) is 3.21. The highest BCUT2D eigenvalue weighted by molar-refractivity contribution is 9.10. The maximum atomic E-state index is 5.41. The summed E-state index contributed by atoms with van der Waals surface area (Å²) in [6.45, 7) is 6.44. The van der Waals surface area contributed by atoms with E-state index in [0.29, 0.717) is 6.04 Å². The van der Waals surface area contributed by atoms with Gasteiger partial charge in [-0.15, -0.1) is 0 Å². The predicted molar refractivity (Wildman–Crippen MR) is 73.4 cm³/mol. The molecule has 1 aliphatic rings. The fourth-order valence-corrected chi connectivity index (χ4v) is 2.62. The number of nitrogens with zero attached hydrogens (tertiary/aromatic N) is 1. The van der Waals surface area contributed by atoms with Crippen LogP contribution < -0.4 is 10.1 Å². The zero-order valence-corrected chi connectivity index (χ0v) is 12.0. The van der Waals surface area contributed by atoms with Gasteiger partial charge in [-0.25, -0.2) is 0 Å². The van der Waals surface area contributed by atoms with E-state index in [4.69, 9.17) is 4.74 Å². The first-order valence-electron chi connectivity index (χ1n) is 5.98. The molecule has 3 nitrogen and oxygen atoms in total. The van der Waals surface area contributed by atoms with Crippen molar-refractivity contribution in [2.45, 2.75) is 19.5 Å². The Balaban J connectivity index is 2.13. The largest absolute Gasteiger partial charge is 0.496 e. The van der Waals surface area contributed by atoms with Crippen molar-refractivity contribution in [3.63, 3.8) is 0 Å². The van der Waals surface area contributed by atoms with Crippen LogP contribution >= 0.6 is 15.9 Å². The van der Waals surface area contributed by atoms with Crippen molar-refractivity contribution in [2.24, 2.45) is 0 Å². The Hall–Kier alpha value is -0.580. The molecule has 0 saturated carbocycles. The van der Waals surface area contributed by atoms with Gasteiger partial charge in [0, 0.05) is 42.3 Å². The lowest BCUT2D eigenvalue weighted by Crippen LogP contribution is -2.49. The summed E-state index contributed by atoms with van der Waals surface area (Å²) in [4.78, 5) is 2.49. The molecule has 4 heteroatoms. The molecule has 1 fully saturated rings. The van der Waals surface area contributed by atoms with Crippen LogP contribution in [0.15, 0.2) is 22.7 Å². The van der Waals surface area contributed by atoms with Gasteiger partial charge in [-0.3, -0.25) is 4.90 Å². The number of hydrogen-bond acceptors (Lipinski definition) is 3. The van der Waals surface area contributed by atoms with Crippen LogP contribution in [0.3, 0.4) is 0 Å². The fraction of sp³-hybridized carbons (Fsp3) is 0.538. The summed E-state index contributed by atoms with van der Waals surface area (Å²) in [5.74, 6) is 0.971. The van der Waals surface area contributed by atoms with Gasteiger partial charge in [0.2, 0.25) is 0 Å². The van der Waals surface area contributed by atoms with Crippen molar-refractivity contribution in [3.8, 4) is 5.75 Å². The van der Waals surface area contributed by atoms with E-state index in [0.717, 1.165) is 36.4 Å². The second kappa shape index (κ2) is 5.85. The minimum absolute atomic E-state index is 0.576. The number of halogens is 1. The second-order valence-electron chi connectivity index (χ2n) is 4.48. The Bertz CT molecular complexity index is 384. The highest BCUT2D eigenvalue weighted by Crippen LogP contribution is 2.25. The van der Waals surface area contributed by atoms with Gasteiger partial charge < -0.3 is 10.1 Å². The van der Waals surface area contributed by atoms with Crippen LogP contribution in [0, 0.1) is 0 Å². The second-order valence-corrected chi connectivity index (χ2v) is 5.40. The Labute approximate surface area is 111 Å². The van der Waals surface area contributed by atoms with Crippen molar-refractivity contribution in [1.29, 1.82) is 0 Å². The van der Waals surface area contributed by atoms with Gasteiger partial charge in [0.15, 0.2) is 0 Å². The number of methoxy groups -OCH3 is 1. The van der Waals surface area contributed by atoms with Crippen LogP contribution in [-0.2, 0) is 6.54 Å². The Morgan fingerprint density at radius 3 is 3.06 bits per heavy atom. The van der Waals surface area contributed by atoms with E-state index in [1.165, 1.54) is 5.56 Å². The molecule has 0 aromatic heterocycles. The monoisotopic (exact) mass is 298 g/mol. The van der Waals surface area contributed by atoms with Crippen LogP contribution in [0.5, 0.6) is 5.75 Å². The third-order valence-electron chi connectivity index (χ3n) is 3.25. The van der Waals surface area contributed by atoms with E-state index >= 15 is 0 Å². The molecule has 1 atom stereocenters. The average Bonchev–Trinajstić information content (AvgIpc) is 2.32. The highest BCUT2D eigenvalue weighted by Gasteiger charge is 2.19. The fourth-order valence-electron chi connectivity index (χ4n) is 2.21. The molecule has 1 unspecified atom stereocenters. The summed E-state index contributed by atoms with van der Waals surface area (Å²) < 4.78 is 6.52. The Kier molecular flexibility index (Phi) is 4.42. The average molecular weight is 299 g/mol. The van der Waals surface area contributed by atoms with Gasteiger partial charge >= 0.3 is 0 Å². The molecular weight excluding hydrogens is 280 g/mol. The van der Waals surface area contributed by atoms with Crippen molar-refractivity contribution >= 4 is 15.9 Å². The maximum Gasteiger partial charge on any atom is 0.123 e. The molecule has 1 N–H and O–H groups in total. The summed E-state index contributed by atoms with van der Waals surface area (Å²) >= 11 is 3.52. The highest BCUT2D eigenvalue weighted by atomic mass is 79.9. The molecule has 1 aliphatic heterocycles. The summed E-state index contributed by atoms with van der Waals surface area (Å²) in [5.41, 5.74) is 1.25. The molecule has 0 radical (unpaired) electrons. The van der Waals surface area contributed by atoms with Crippen LogP contribution in [-0.4, -0.2) is 37.7 Å². The number of nitrogens with one attached hydrogen (secondary N) is 1. The van der Waals surface area contributed by atoms with Crippen molar-refractivity contribution in [3.05, 3.63) is 28.2 Å². The number of benzene rings is 1. The molecule has 94 valence electrons. The lowest BCUT2D eigenvalue weighted by atomic mass is 10.1. The summed E-state index contributed by atoms with van der Waals surface area (Å²) in [5, 5.41) is 3.41. The summed E-state index contributed by atoms with van der Waals surface area (Å²) in [7, 11) is 1.73. The number of ether oxygens (including phenoxy) is 1. The molecule has 0 aliphatic carbocycles. The molecule has 2 rings (SSSR count). The minimum atomic E-state index is 0.576. The smallest absolute Gasteiger partial charge is 0.123 e. The normalized spacial score (nSPS) is 21.5. The molecule has 0 bridgehead atoms. The van der Waals surface area contributed by atoms with E-state index in [2.05, 4.69) is 39.1 Å². The molecule has 1 aromatic rings. The number of piperazine rings is 1. The summed E-state index contributed by atoms with van der Waals surface area (Å²) in [6, 6.07) is 6.76. The van der Waals surface area contributed by atoms with Crippen LogP contribution in [0.1, 0.15) is 12.5 Å². The first kappa shape index (κ1) is 12.9. The van der Waals surface area contributed by atoms with Crippen LogP contribution in [0.2, 0.25) is 0 Å². The van der Waals surface area contributed by atoms with Crippen molar-refractivity contribution < 1.29 is 4.74 Å². The van der Waals surface area contributed by atoms with Gasteiger partial charge in [0.1, 0.15) is 5.75 Å².